The van der Waals surface area contributed by atoms with Crippen LogP contribution in [0.15, 0.2) is 24.3 Å². The van der Waals surface area contributed by atoms with Crippen LogP contribution >= 0.6 is 0 Å². The van der Waals surface area contributed by atoms with Crippen LogP contribution in [0.25, 0.3) is 0 Å². The van der Waals surface area contributed by atoms with Gasteiger partial charge in [-0.3, -0.25) is 0 Å². The molecule has 0 aliphatic carbocycles. The number of nitrogens with one attached hydrogen (secondary N) is 2. The molecule has 146 valence electrons. The highest BCUT2D eigenvalue weighted by atomic mass is 28.4. The van der Waals surface area contributed by atoms with E-state index in [1.165, 1.54) is 12.1 Å². The molecule has 26 heavy (non-hydrogen) atoms. The smallest absolute Gasteiger partial charge is 0.478 e. The second-order valence-corrected chi connectivity index (χ2v) is 8.08. The third-order valence-electron chi connectivity index (χ3n) is 3.43. The van der Waals surface area contributed by atoms with Gasteiger partial charge in [-0.05, 0) is 51.5 Å². The molecule has 0 unspecified atom stereocenters. The van der Waals surface area contributed by atoms with Gasteiger partial charge in [-0.25, -0.2) is 9.59 Å². The predicted octanol–water partition coefficient (Wildman–Crippen LogP) is 2.94. The van der Waals surface area contributed by atoms with Crippen LogP contribution in [0, 0.1) is 0 Å². The van der Waals surface area contributed by atoms with Crippen molar-refractivity contribution < 1.29 is 28.0 Å². The molecule has 0 atom stereocenters. The Morgan fingerprint density at radius 3 is 2.00 bits per heavy atom. The van der Waals surface area contributed by atoms with Crippen LogP contribution in [-0.2, 0) is 13.3 Å². The van der Waals surface area contributed by atoms with E-state index in [1.807, 2.05) is 20.8 Å². The van der Waals surface area contributed by atoms with Crippen LogP contribution in [0.4, 0.5) is 10.5 Å². The highest BCUT2D eigenvalue weighted by molar-refractivity contribution is 6.60. The molecule has 3 N–H and O–H groups in total. The molecule has 0 aromatic heterocycles. The number of amides is 2. The highest BCUT2D eigenvalue weighted by Crippen LogP contribution is 2.17. The minimum absolute atomic E-state index is 0.167. The van der Waals surface area contributed by atoms with Gasteiger partial charge in [0.15, 0.2) is 0 Å². The van der Waals surface area contributed by atoms with E-state index in [1.54, 1.807) is 12.1 Å². The maximum absolute atomic E-state index is 11.9. The van der Waals surface area contributed by atoms with Crippen LogP contribution in [0.1, 0.15) is 37.6 Å². The van der Waals surface area contributed by atoms with Gasteiger partial charge in [-0.2, -0.15) is 0 Å². The molecule has 0 radical (unpaired) electrons. The van der Waals surface area contributed by atoms with E-state index < -0.39 is 14.8 Å². The maximum Gasteiger partial charge on any atom is 0.500 e. The largest absolute Gasteiger partial charge is 0.500 e. The van der Waals surface area contributed by atoms with Gasteiger partial charge in [0.1, 0.15) is 0 Å². The molecule has 2 amide bonds. The first kappa shape index (κ1) is 22.1. The number of carboxylic acid groups (broad SMARTS) is 1. The van der Waals surface area contributed by atoms with Crippen molar-refractivity contribution in [2.24, 2.45) is 0 Å². The zero-order chi connectivity index (χ0) is 19.4. The SMILES string of the molecule is CCO[Si](CCCNC(=O)Nc1ccc(C(=O)O)cc1)(OCC)OCC. The number of carboxylic acids is 1. The monoisotopic (exact) mass is 384 g/mol. The summed E-state index contributed by atoms with van der Waals surface area (Å²) in [5.41, 5.74) is 0.689. The van der Waals surface area contributed by atoms with E-state index in [4.69, 9.17) is 18.4 Å². The summed E-state index contributed by atoms with van der Waals surface area (Å²) in [5, 5.41) is 14.3. The number of hydrogen-bond donors (Lipinski definition) is 3. The maximum atomic E-state index is 11.9. The second-order valence-electron chi connectivity index (χ2n) is 5.35. The Morgan fingerprint density at radius 2 is 1.54 bits per heavy atom. The van der Waals surface area contributed by atoms with Crippen molar-refractivity contribution in [2.45, 2.75) is 33.2 Å². The topological polar surface area (TPSA) is 106 Å². The summed E-state index contributed by atoms with van der Waals surface area (Å²) in [6.07, 6.45) is 0.664. The van der Waals surface area contributed by atoms with Crippen molar-refractivity contribution in [3.8, 4) is 0 Å². The zero-order valence-corrected chi connectivity index (χ0v) is 16.5. The normalized spacial score (nSPS) is 11.2. The van der Waals surface area contributed by atoms with Gasteiger partial charge in [0.05, 0.1) is 5.56 Å². The number of anilines is 1. The molecule has 0 aliphatic heterocycles. The summed E-state index contributed by atoms with van der Waals surface area (Å²) in [6, 6.07) is 6.22. The van der Waals surface area contributed by atoms with Gasteiger partial charge >= 0.3 is 20.8 Å². The van der Waals surface area contributed by atoms with Crippen molar-refractivity contribution in [3.63, 3.8) is 0 Å². The van der Waals surface area contributed by atoms with Gasteiger partial charge in [0.25, 0.3) is 0 Å². The number of rotatable bonds is 12. The Bertz CT molecular complexity index is 550. The quantitative estimate of drug-likeness (QED) is 0.378. The number of benzene rings is 1. The molecule has 1 aromatic rings. The number of urea groups is 1. The van der Waals surface area contributed by atoms with E-state index in [9.17, 15) is 9.59 Å². The summed E-state index contributed by atoms with van der Waals surface area (Å²) >= 11 is 0. The van der Waals surface area contributed by atoms with Gasteiger partial charge in [0.2, 0.25) is 0 Å². The minimum atomic E-state index is -2.69. The molecule has 0 bridgehead atoms. The lowest BCUT2D eigenvalue weighted by Gasteiger charge is -2.28. The Balaban J connectivity index is 2.42. The van der Waals surface area contributed by atoms with Crippen molar-refractivity contribution in [1.82, 2.24) is 5.32 Å². The lowest BCUT2D eigenvalue weighted by Crippen LogP contribution is -2.46. The van der Waals surface area contributed by atoms with Crippen molar-refractivity contribution in [1.29, 1.82) is 0 Å². The molecule has 0 spiro atoms. The van der Waals surface area contributed by atoms with Crippen LogP contribution in [0.2, 0.25) is 6.04 Å². The van der Waals surface area contributed by atoms with Crippen LogP contribution < -0.4 is 10.6 Å². The average Bonchev–Trinajstić information content (AvgIpc) is 2.60. The minimum Gasteiger partial charge on any atom is -0.478 e. The molecule has 0 saturated heterocycles. The van der Waals surface area contributed by atoms with Gasteiger partial charge in [-0.15, -0.1) is 0 Å². The Morgan fingerprint density at radius 1 is 1.00 bits per heavy atom. The molecule has 1 aromatic carbocycles. The third kappa shape index (κ3) is 7.52. The second kappa shape index (κ2) is 11.6. The van der Waals surface area contributed by atoms with Gasteiger partial charge in [-0.1, -0.05) is 0 Å². The van der Waals surface area contributed by atoms with E-state index in [-0.39, 0.29) is 11.6 Å². The number of carbonyl (C=O) groups excluding carboxylic acids is 1. The van der Waals surface area contributed by atoms with Crippen molar-refractivity contribution in [2.75, 3.05) is 31.7 Å². The molecule has 0 heterocycles. The fraction of sp³-hybridized carbons (Fsp3) is 0.529. The Hall–Kier alpha value is -1.94. The standard InChI is InChI=1S/C17H28N2O6Si/c1-4-23-26(24-5-2,25-6-3)13-7-12-18-17(22)19-15-10-8-14(9-11-15)16(20)21/h8-11H,4-7,12-13H2,1-3H3,(H,20,21)(H2,18,19,22). The lowest BCUT2D eigenvalue weighted by atomic mass is 10.2. The van der Waals surface area contributed by atoms with Gasteiger partial charge in [0, 0.05) is 38.1 Å². The first-order valence-electron chi connectivity index (χ1n) is 8.76. The average molecular weight is 385 g/mol. The predicted molar refractivity (Wildman–Crippen MR) is 100 cm³/mol. The summed E-state index contributed by atoms with van der Waals surface area (Å²) < 4.78 is 17.3. The number of aromatic carboxylic acids is 1. The van der Waals surface area contributed by atoms with E-state index in [0.29, 0.717) is 44.5 Å². The molecule has 8 nitrogen and oxygen atoms in total. The first-order chi connectivity index (χ1) is 12.5. The molecule has 1 rings (SSSR count). The number of hydrogen-bond acceptors (Lipinski definition) is 5. The third-order valence-corrected chi connectivity index (χ3v) is 6.58. The lowest BCUT2D eigenvalue weighted by molar-refractivity contribution is 0.0692. The fourth-order valence-electron chi connectivity index (χ4n) is 2.38. The van der Waals surface area contributed by atoms with Crippen molar-refractivity contribution >= 4 is 26.5 Å². The number of carbonyl (C=O) groups is 2. The van der Waals surface area contributed by atoms with Crippen LogP contribution in [0.5, 0.6) is 0 Å². The van der Waals surface area contributed by atoms with E-state index in [0.717, 1.165) is 0 Å². The zero-order valence-electron chi connectivity index (χ0n) is 15.5. The van der Waals surface area contributed by atoms with Crippen LogP contribution in [0.3, 0.4) is 0 Å². The molecule has 0 aliphatic rings. The molecule has 9 heteroatoms. The summed E-state index contributed by atoms with van der Waals surface area (Å²) in [7, 11) is -2.69. The first-order valence-corrected chi connectivity index (χ1v) is 10.7. The summed E-state index contributed by atoms with van der Waals surface area (Å²) in [4.78, 5) is 22.7. The summed E-state index contributed by atoms with van der Waals surface area (Å²) in [5.74, 6) is -1.01. The molecule has 0 fully saturated rings. The van der Waals surface area contributed by atoms with E-state index >= 15 is 0 Å². The van der Waals surface area contributed by atoms with Crippen molar-refractivity contribution in [3.05, 3.63) is 29.8 Å². The molecule has 0 saturated carbocycles. The summed E-state index contributed by atoms with van der Waals surface area (Å²) in [6.45, 7) is 7.72. The van der Waals surface area contributed by atoms with Crippen LogP contribution in [-0.4, -0.2) is 52.3 Å². The van der Waals surface area contributed by atoms with Gasteiger partial charge < -0.3 is 29.0 Å². The Labute approximate surface area is 155 Å². The highest BCUT2D eigenvalue weighted by Gasteiger charge is 2.39. The Kier molecular flexibility index (Phi) is 9.88. The molecular weight excluding hydrogens is 356 g/mol. The van der Waals surface area contributed by atoms with E-state index in [2.05, 4.69) is 10.6 Å². The molecular formula is C17H28N2O6Si. The fourth-order valence-corrected chi connectivity index (χ4v) is 4.99.